The van der Waals surface area contributed by atoms with Crippen LogP contribution < -0.4 is 9.47 Å². The molecule has 0 atom stereocenters. The first-order valence-corrected chi connectivity index (χ1v) is 20.4. The molecule has 0 aliphatic heterocycles. The SMILES string of the molecule is CCCCCCOc1cc(C#C[Si](C)(C)C)c(OCCCCCC)cc1C#Cc1ccc(-c2ccc(C#CC(C)(C)O)cc2)cc1. The fraction of sp³-hybridized carbons (Fsp3) is 0.429. The maximum absolute atomic E-state index is 9.87. The minimum absolute atomic E-state index is 0.656. The molecule has 4 heteroatoms. The second-order valence-electron chi connectivity index (χ2n) is 13.4. The fourth-order valence-electron chi connectivity index (χ4n) is 4.53. The van der Waals surface area contributed by atoms with E-state index in [1.807, 2.05) is 24.3 Å². The van der Waals surface area contributed by atoms with Crippen LogP contribution in [-0.2, 0) is 0 Å². The van der Waals surface area contributed by atoms with Gasteiger partial charge in [0.05, 0.1) is 24.3 Å². The third-order valence-electron chi connectivity index (χ3n) is 7.12. The topological polar surface area (TPSA) is 38.7 Å². The number of hydrogen-bond acceptors (Lipinski definition) is 3. The first-order chi connectivity index (χ1) is 22.0. The molecule has 46 heavy (non-hydrogen) atoms. The predicted octanol–water partition coefficient (Wildman–Crippen LogP) is 10.0. The number of ether oxygens (including phenoxy) is 2. The van der Waals surface area contributed by atoms with Gasteiger partial charge < -0.3 is 14.6 Å². The van der Waals surface area contributed by atoms with E-state index in [4.69, 9.17) is 9.47 Å². The maximum Gasteiger partial charge on any atom is 0.136 e. The highest BCUT2D eigenvalue weighted by Crippen LogP contribution is 2.30. The number of rotatable bonds is 13. The Morgan fingerprint density at radius 3 is 1.50 bits per heavy atom. The molecular formula is C42H52O3Si. The van der Waals surface area contributed by atoms with Crippen LogP contribution in [0, 0.1) is 35.1 Å². The summed E-state index contributed by atoms with van der Waals surface area (Å²) in [4.78, 5) is 0. The van der Waals surface area contributed by atoms with E-state index < -0.39 is 13.7 Å². The van der Waals surface area contributed by atoms with E-state index in [9.17, 15) is 5.11 Å². The molecule has 0 fully saturated rings. The van der Waals surface area contributed by atoms with Crippen molar-refractivity contribution < 1.29 is 14.6 Å². The van der Waals surface area contributed by atoms with Gasteiger partial charge in [0.25, 0.3) is 0 Å². The van der Waals surface area contributed by atoms with Crippen LogP contribution >= 0.6 is 0 Å². The third-order valence-corrected chi connectivity index (χ3v) is 8.00. The number of aliphatic hydroxyl groups is 1. The van der Waals surface area contributed by atoms with Crippen LogP contribution in [0.3, 0.4) is 0 Å². The summed E-state index contributed by atoms with van der Waals surface area (Å²) in [5.41, 5.74) is 8.21. The van der Waals surface area contributed by atoms with Crippen LogP contribution in [0.2, 0.25) is 19.6 Å². The Morgan fingerprint density at radius 2 is 1.07 bits per heavy atom. The van der Waals surface area contributed by atoms with Crippen molar-refractivity contribution in [3.63, 3.8) is 0 Å². The normalized spacial score (nSPS) is 11.0. The molecule has 3 rings (SSSR count). The van der Waals surface area contributed by atoms with Gasteiger partial charge in [-0.15, -0.1) is 5.54 Å². The van der Waals surface area contributed by atoms with Gasteiger partial charge in [-0.05, 0) is 62.1 Å². The Balaban J connectivity index is 1.90. The van der Waals surface area contributed by atoms with Crippen LogP contribution in [0.5, 0.6) is 11.5 Å². The van der Waals surface area contributed by atoms with Crippen molar-refractivity contribution in [2.24, 2.45) is 0 Å². The Bertz CT molecular complexity index is 1570. The lowest BCUT2D eigenvalue weighted by Gasteiger charge is -2.14. The molecule has 0 aliphatic rings. The molecule has 0 saturated carbocycles. The smallest absolute Gasteiger partial charge is 0.136 e. The molecule has 0 saturated heterocycles. The molecule has 0 radical (unpaired) electrons. The van der Waals surface area contributed by atoms with E-state index >= 15 is 0 Å². The van der Waals surface area contributed by atoms with E-state index in [0.717, 1.165) is 70.6 Å². The zero-order valence-electron chi connectivity index (χ0n) is 29.1. The summed E-state index contributed by atoms with van der Waals surface area (Å²) in [5.74, 6) is 17.6. The number of benzene rings is 3. The molecule has 3 aromatic carbocycles. The van der Waals surface area contributed by atoms with E-state index in [1.54, 1.807) is 13.8 Å². The van der Waals surface area contributed by atoms with E-state index in [0.29, 0.717) is 13.2 Å². The van der Waals surface area contributed by atoms with Crippen LogP contribution in [-0.4, -0.2) is 32.0 Å². The molecule has 0 amide bonds. The average molecular weight is 633 g/mol. The lowest BCUT2D eigenvalue weighted by Crippen LogP contribution is -2.16. The molecule has 0 aliphatic carbocycles. The van der Waals surface area contributed by atoms with E-state index in [1.165, 1.54) is 25.7 Å². The van der Waals surface area contributed by atoms with Gasteiger partial charge in [0.15, 0.2) is 0 Å². The Kier molecular flexibility index (Phi) is 14.6. The average Bonchev–Trinajstić information content (AvgIpc) is 3.02. The van der Waals surface area contributed by atoms with Gasteiger partial charge in [0, 0.05) is 23.3 Å². The van der Waals surface area contributed by atoms with Gasteiger partial charge in [-0.2, -0.15) is 0 Å². The molecule has 3 aromatic rings. The molecule has 0 bridgehead atoms. The minimum atomic E-state index is -1.59. The number of unbranched alkanes of at least 4 members (excludes halogenated alkanes) is 6. The second kappa shape index (κ2) is 18.3. The van der Waals surface area contributed by atoms with Crippen molar-refractivity contribution >= 4 is 8.07 Å². The van der Waals surface area contributed by atoms with Gasteiger partial charge in [-0.3, -0.25) is 0 Å². The Labute approximate surface area is 280 Å². The van der Waals surface area contributed by atoms with Gasteiger partial charge in [0.2, 0.25) is 0 Å². The Morgan fingerprint density at radius 1 is 0.609 bits per heavy atom. The highest BCUT2D eigenvalue weighted by Gasteiger charge is 2.13. The van der Waals surface area contributed by atoms with Gasteiger partial charge in [-0.25, -0.2) is 0 Å². The van der Waals surface area contributed by atoms with Crippen molar-refractivity contribution in [3.8, 4) is 57.8 Å². The molecule has 0 aromatic heterocycles. The lowest BCUT2D eigenvalue weighted by atomic mass is 10.0. The van der Waals surface area contributed by atoms with Gasteiger partial charge in [0.1, 0.15) is 25.2 Å². The molecule has 0 heterocycles. The monoisotopic (exact) mass is 632 g/mol. The minimum Gasteiger partial charge on any atom is -0.492 e. The van der Waals surface area contributed by atoms with Crippen molar-refractivity contribution in [3.05, 3.63) is 82.9 Å². The highest BCUT2D eigenvalue weighted by atomic mass is 28.3. The quantitative estimate of drug-likeness (QED) is 0.116. The van der Waals surface area contributed by atoms with Gasteiger partial charge in [-0.1, -0.05) is 126 Å². The third kappa shape index (κ3) is 13.6. The van der Waals surface area contributed by atoms with Crippen molar-refractivity contribution in [1.29, 1.82) is 0 Å². The predicted molar refractivity (Wildman–Crippen MR) is 197 cm³/mol. The lowest BCUT2D eigenvalue weighted by molar-refractivity contribution is 0.143. The second-order valence-corrected chi connectivity index (χ2v) is 18.1. The first kappa shape index (κ1) is 36.6. The zero-order chi connectivity index (χ0) is 33.4. The summed E-state index contributed by atoms with van der Waals surface area (Å²) in [6.07, 6.45) is 9.17. The zero-order valence-corrected chi connectivity index (χ0v) is 30.1. The van der Waals surface area contributed by atoms with Crippen LogP contribution in [0.1, 0.15) is 101 Å². The summed E-state index contributed by atoms with van der Waals surface area (Å²) in [6.45, 7) is 15.9. The van der Waals surface area contributed by atoms with Crippen LogP contribution in [0.4, 0.5) is 0 Å². The van der Waals surface area contributed by atoms with E-state index in [-0.39, 0.29) is 0 Å². The molecule has 242 valence electrons. The van der Waals surface area contributed by atoms with Crippen LogP contribution in [0.15, 0.2) is 60.7 Å². The molecule has 0 unspecified atom stereocenters. The largest absolute Gasteiger partial charge is 0.492 e. The van der Waals surface area contributed by atoms with Crippen LogP contribution in [0.25, 0.3) is 11.1 Å². The molecule has 1 N–H and O–H groups in total. The fourth-order valence-corrected chi connectivity index (χ4v) is 5.04. The summed E-state index contributed by atoms with van der Waals surface area (Å²) in [7, 11) is -1.59. The summed E-state index contributed by atoms with van der Waals surface area (Å²) < 4.78 is 12.7. The van der Waals surface area contributed by atoms with Crippen molar-refractivity contribution in [2.75, 3.05) is 13.2 Å². The summed E-state index contributed by atoms with van der Waals surface area (Å²) >= 11 is 0. The summed E-state index contributed by atoms with van der Waals surface area (Å²) in [5, 5.41) is 9.87. The number of hydrogen-bond donors (Lipinski definition) is 1. The maximum atomic E-state index is 9.87. The highest BCUT2D eigenvalue weighted by molar-refractivity contribution is 6.83. The standard InChI is InChI=1S/C42H52O3Si/c1-8-10-12-14-29-44-40-33-39(27-31-46(5,6)7)41(45-30-15-13-11-9-2)32-38(40)25-20-34-16-21-36(22-17-34)37-23-18-35(19-24-37)26-28-42(3,4)43/h16-19,21-24,32-33,43H,8-15,29-30H2,1-7H3. The summed E-state index contributed by atoms with van der Waals surface area (Å²) in [6, 6.07) is 20.4. The Hall–Kier alpha value is -3.88. The van der Waals surface area contributed by atoms with E-state index in [2.05, 4.69) is 105 Å². The first-order valence-electron chi connectivity index (χ1n) is 16.9. The molecule has 0 spiro atoms. The van der Waals surface area contributed by atoms with Gasteiger partial charge >= 0.3 is 0 Å². The molecule has 3 nitrogen and oxygen atoms in total. The molecular weight excluding hydrogens is 581 g/mol. The van der Waals surface area contributed by atoms with Crippen molar-refractivity contribution in [2.45, 2.75) is 104 Å². The van der Waals surface area contributed by atoms with Crippen molar-refractivity contribution in [1.82, 2.24) is 0 Å².